The Labute approximate surface area is 76.5 Å². The van der Waals surface area contributed by atoms with E-state index in [0.717, 1.165) is 0 Å². The summed E-state index contributed by atoms with van der Waals surface area (Å²) in [6.45, 7) is -0.745. The van der Waals surface area contributed by atoms with Crippen molar-refractivity contribution in [2.24, 2.45) is 0 Å². The lowest BCUT2D eigenvalue weighted by Crippen LogP contribution is -2.15. The number of aliphatic hydroxyl groups is 2. The van der Waals surface area contributed by atoms with E-state index in [1.54, 1.807) is 0 Å². The average molecular weight is 235 g/mol. The summed E-state index contributed by atoms with van der Waals surface area (Å²) < 4.78 is 29.7. The molecular formula is C4H12O7PS+. The molecule has 0 saturated heterocycles. The fourth-order valence-electron chi connectivity index (χ4n) is 0.380. The largest absolute Gasteiger partial charge is 0.692 e. The smallest absolute Gasteiger partial charge is 0.395 e. The normalized spacial score (nSPS) is 10.2. The lowest BCUT2D eigenvalue weighted by Gasteiger charge is -1.96. The lowest BCUT2D eigenvalue weighted by atomic mass is 10.9. The van der Waals surface area contributed by atoms with Crippen LogP contribution in [0.15, 0.2) is 0 Å². The summed E-state index contributed by atoms with van der Waals surface area (Å²) in [7, 11) is -6.05. The van der Waals surface area contributed by atoms with Crippen LogP contribution in [0.4, 0.5) is 0 Å². The third kappa shape index (κ3) is 18.7. The molecule has 7 nitrogen and oxygen atoms in total. The predicted octanol–water partition coefficient (Wildman–Crippen LogP) is -1.99. The second kappa shape index (κ2) is 8.49. The first kappa shape index (κ1) is 15.4. The SMILES string of the molecule is O=S(=O)(CCO)CCO.O=[P+](O)O. The van der Waals surface area contributed by atoms with Gasteiger partial charge in [0.25, 0.3) is 0 Å². The molecule has 0 rings (SSSR count). The molecule has 13 heavy (non-hydrogen) atoms. The molecule has 0 aromatic carbocycles. The molecule has 0 aliphatic heterocycles. The van der Waals surface area contributed by atoms with Crippen molar-refractivity contribution in [3.63, 3.8) is 0 Å². The number of sulfone groups is 1. The Morgan fingerprint density at radius 2 is 1.23 bits per heavy atom. The van der Waals surface area contributed by atoms with Crippen LogP contribution in [-0.2, 0) is 14.4 Å². The quantitative estimate of drug-likeness (QED) is 0.415. The fourth-order valence-corrected chi connectivity index (χ4v) is 1.14. The highest BCUT2D eigenvalue weighted by Gasteiger charge is 2.06. The van der Waals surface area contributed by atoms with Crippen LogP contribution < -0.4 is 0 Å². The molecule has 0 spiro atoms. The molecule has 0 aromatic heterocycles. The standard InChI is InChI=1S/C4H10O4S.HO3P/c5-1-3-9(7,8)4-2-6;1-4(2)3/h5-6H,1-4H2;(H-,1,2,3)/p+1. The van der Waals surface area contributed by atoms with Gasteiger partial charge in [-0.1, -0.05) is 0 Å². The molecule has 80 valence electrons. The average Bonchev–Trinajstić information content (AvgIpc) is 1.84. The van der Waals surface area contributed by atoms with Crippen LogP contribution in [-0.4, -0.2) is 53.1 Å². The summed E-state index contributed by atoms with van der Waals surface area (Å²) in [6, 6.07) is 0. The maximum absolute atomic E-state index is 10.5. The van der Waals surface area contributed by atoms with Crippen molar-refractivity contribution in [1.29, 1.82) is 0 Å². The Hall–Kier alpha value is -0.110. The molecule has 0 heterocycles. The predicted molar refractivity (Wildman–Crippen MR) is 44.9 cm³/mol. The molecule has 0 bridgehead atoms. The fraction of sp³-hybridized carbons (Fsp3) is 1.00. The minimum absolute atomic E-state index is 0.256. The van der Waals surface area contributed by atoms with E-state index in [-0.39, 0.29) is 24.7 Å². The third-order valence-corrected chi connectivity index (χ3v) is 2.41. The first-order valence-electron chi connectivity index (χ1n) is 3.13. The highest BCUT2D eigenvalue weighted by atomic mass is 32.2. The maximum atomic E-state index is 10.5. The van der Waals surface area contributed by atoms with E-state index in [0.29, 0.717) is 0 Å². The van der Waals surface area contributed by atoms with Gasteiger partial charge in [0.15, 0.2) is 9.84 Å². The van der Waals surface area contributed by atoms with Crippen LogP contribution in [0.3, 0.4) is 0 Å². The minimum atomic E-state index is -3.18. The number of hydrogen-bond acceptors (Lipinski definition) is 5. The first-order chi connectivity index (χ1) is 5.85. The van der Waals surface area contributed by atoms with Gasteiger partial charge in [0.1, 0.15) is 0 Å². The van der Waals surface area contributed by atoms with Crippen molar-refractivity contribution in [1.82, 2.24) is 0 Å². The van der Waals surface area contributed by atoms with Gasteiger partial charge in [-0.25, -0.2) is 8.42 Å². The summed E-state index contributed by atoms with van der Waals surface area (Å²) in [5.41, 5.74) is 0. The summed E-state index contributed by atoms with van der Waals surface area (Å²) in [5.74, 6) is -0.513. The molecule has 9 heteroatoms. The molecule has 0 aromatic rings. The molecule has 0 saturated carbocycles. The van der Waals surface area contributed by atoms with Crippen molar-refractivity contribution >= 4 is 18.1 Å². The van der Waals surface area contributed by atoms with Gasteiger partial charge in [0.05, 0.1) is 24.7 Å². The Bertz CT molecular complexity index is 207. The zero-order valence-electron chi connectivity index (χ0n) is 6.70. The molecule has 0 atom stereocenters. The Balaban J connectivity index is 0. The second-order valence-corrected chi connectivity index (χ2v) is 4.66. The topological polar surface area (TPSA) is 132 Å². The highest BCUT2D eigenvalue weighted by molar-refractivity contribution is 7.91. The van der Waals surface area contributed by atoms with Crippen molar-refractivity contribution in [2.45, 2.75) is 0 Å². The molecule has 0 fully saturated rings. The summed E-state index contributed by atoms with van der Waals surface area (Å²) in [6.07, 6.45) is 0. The Morgan fingerprint density at radius 1 is 1.00 bits per heavy atom. The van der Waals surface area contributed by atoms with Crippen LogP contribution in [0.1, 0.15) is 0 Å². The van der Waals surface area contributed by atoms with E-state index >= 15 is 0 Å². The lowest BCUT2D eigenvalue weighted by molar-refractivity contribution is 0.312. The van der Waals surface area contributed by atoms with Gasteiger partial charge in [0, 0.05) is 4.57 Å². The van der Waals surface area contributed by atoms with Gasteiger partial charge < -0.3 is 10.2 Å². The van der Waals surface area contributed by atoms with Crippen molar-refractivity contribution in [3.8, 4) is 0 Å². The maximum Gasteiger partial charge on any atom is 0.692 e. The van der Waals surface area contributed by atoms with E-state index in [4.69, 9.17) is 24.6 Å². The van der Waals surface area contributed by atoms with E-state index in [1.807, 2.05) is 0 Å². The number of hydrogen-bond donors (Lipinski definition) is 4. The van der Waals surface area contributed by atoms with Crippen LogP contribution in [0.2, 0.25) is 0 Å². The second-order valence-electron chi connectivity index (χ2n) is 1.85. The van der Waals surface area contributed by atoms with Crippen molar-refractivity contribution < 1.29 is 33.0 Å². The van der Waals surface area contributed by atoms with Crippen molar-refractivity contribution in [2.75, 3.05) is 24.7 Å². The molecule has 0 radical (unpaired) electrons. The molecule has 0 aliphatic rings. The van der Waals surface area contributed by atoms with Gasteiger partial charge >= 0.3 is 8.25 Å². The van der Waals surface area contributed by atoms with E-state index in [9.17, 15) is 8.42 Å². The van der Waals surface area contributed by atoms with Crippen LogP contribution in [0.5, 0.6) is 0 Å². The molecular weight excluding hydrogens is 223 g/mol. The van der Waals surface area contributed by atoms with E-state index in [2.05, 4.69) is 0 Å². The van der Waals surface area contributed by atoms with Crippen LogP contribution >= 0.6 is 8.25 Å². The highest BCUT2D eigenvalue weighted by Crippen LogP contribution is 1.98. The van der Waals surface area contributed by atoms with Gasteiger partial charge in [-0.05, 0) is 0 Å². The van der Waals surface area contributed by atoms with E-state index < -0.39 is 18.1 Å². The summed E-state index contributed by atoms with van der Waals surface area (Å²) in [4.78, 5) is 14.2. The number of aliphatic hydroxyl groups excluding tert-OH is 2. The molecule has 4 N–H and O–H groups in total. The monoisotopic (exact) mass is 235 g/mol. The third-order valence-electron chi connectivity index (χ3n) is 0.805. The summed E-state index contributed by atoms with van der Waals surface area (Å²) in [5, 5.41) is 16.3. The Morgan fingerprint density at radius 3 is 1.38 bits per heavy atom. The molecule has 0 amide bonds. The zero-order chi connectivity index (χ0) is 10.9. The van der Waals surface area contributed by atoms with Gasteiger partial charge in [-0.2, -0.15) is 0 Å². The van der Waals surface area contributed by atoms with Gasteiger partial charge in [0.2, 0.25) is 0 Å². The number of rotatable bonds is 4. The van der Waals surface area contributed by atoms with Crippen molar-refractivity contribution in [3.05, 3.63) is 0 Å². The van der Waals surface area contributed by atoms with E-state index in [1.165, 1.54) is 0 Å². The summed E-state index contributed by atoms with van der Waals surface area (Å²) >= 11 is 0. The van der Waals surface area contributed by atoms with Crippen LogP contribution in [0, 0.1) is 0 Å². The first-order valence-corrected chi connectivity index (χ1v) is 6.11. The Kier molecular flexibility index (Phi) is 10.0. The van der Waals surface area contributed by atoms with Crippen LogP contribution in [0.25, 0.3) is 0 Å². The van der Waals surface area contributed by atoms with Gasteiger partial charge in [-0.15, -0.1) is 9.79 Å². The molecule has 0 unspecified atom stereocenters. The zero-order valence-corrected chi connectivity index (χ0v) is 8.41. The van der Waals surface area contributed by atoms with Gasteiger partial charge in [-0.3, -0.25) is 0 Å². The molecule has 0 aliphatic carbocycles. The minimum Gasteiger partial charge on any atom is -0.395 e.